The Bertz CT molecular complexity index is 1830. The predicted octanol–water partition coefficient (Wildman–Crippen LogP) is 8.09. The SMILES string of the molecule is c1ccc(-c2ccc(-n3c(-c4coc5ccc(Cc6ccccn6)cc45)nc4ccccc43)cc2)cc1. The lowest BCUT2D eigenvalue weighted by atomic mass is 10.0. The maximum Gasteiger partial charge on any atom is 0.149 e. The van der Waals surface area contributed by atoms with E-state index in [9.17, 15) is 0 Å². The lowest BCUT2D eigenvalue weighted by molar-refractivity contribution is 0.616. The summed E-state index contributed by atoms with van der Waals surface area (Å²) < 4.78 is 8.23. The molecular weight excluding hydrogens is 454 g/mol. The number of pyridine rings is 1. The zero-order valence-corrected chi connectivity index (χ0v) is 20.1. The summed E-state index contributed by atoms with van der Waals surface area (Å²) in [6.07, 6.45) is 4.42. The van der Waals surface area contributed by atoms with E-state index in [1.54, 1.807) is 0 Å². The van der Waals surface area contributed by atoms with E-state index in [0.29, 0.717) is 0 Å². The fourth-order valence-electron chi connectivity index (χ4n) is 4.97. The molecule has 0 aliphatic carbocycles. The van der Waals surface area contributed by atoms with Gasteiger partial charge in [-0.05, 0) is 65.2 Å². The third-order valence-electron chi connectivity index (χ3n) is 6.78. The Balaban J connectivity index is 1.36. The van der Waals surface area contributed by atoms with Gasteiger partial charge in [0.25, 0.3) is 0 Å². The quantitative estimate of drug-likeness (QED) is 0.252. The number of benzene rings is 4. The number of aromatic nitrogens is 3. The molecule has 0 fully saturated rings. The molecule has 0 bridgehead atoms. The first-order valence-corrected chi connectivity index (χ1v) is 12.4. The number of imidazole rings is 1. The van der Waals surface area contributed by atoms with Crippen molar-refractivity contribution in [3.05, 3.63) is 139 Å². The van der Waals surface area contributed by atoms with Crippen LogP contribution in [0.15, 0.2) is 132 Å². The molecule has 7 aromatic rings. The molecule has 0 amide bonds. The summed E-state index contributed by atoms with van der Waals surface area (Å²) in [5.74, 6) is 0.863. The van der Waals surface area contributed by atoms with E-state index in [4.69, 9.17) is 9.40 Å². The van der Waals surface area contributed by atoms with Crippen LogP contribution >= 0.6 is 0 Å². The van der Waals surface area contributed by atoms with Crippen LogP contribution in [0.2, 0.25) is 0 Å². The molecule has 0 N–H and O–H groups in total. The number of para-hydroxylation sites is 2. The van der Waals surface area contributed by atoms with Gasteiger partial charge in [-0.1, -0.05) is 66.7 Å². The fourth-order valence-corrected chi connectivity index (χ4v) is 4.97. The molecule has 176 valence electrons. The molecule has 0 saturated carbocycles. The zero-order chi connectivity index (χ0) is 24.6. The van der Waals surface area contributed by atoms with Crippen molar-refractivity contribution in [2.75, 3.05) is 0 Å². The van der Waals surface area contributed by atoms with Gasteiger partial charge in [0.15, 0.2) is 0 Å². The van der Waals surface area contributed by atoms with Gasteiger partial charge < -0.3 is 4.42 Å². The first kappa shape index (κ1) is 21.3. The van der Waals surface area contributed by atoms with Gasteiger partial charge in [0.05, 0.1) is 16.6 Å². The Morgan fingerprint density at radius 2 is 1.49 bits per heavy atom. The molecule has 4 nitrogen and oxygen atoms in total. The first-order chi connectivity index (χ1) is 18.3. The van der Waals surface area contributed by atoms with Gasteiger partial charge >= 0.3 is 0 Å². The van der Waals surface area contributed by atoms with Gasteiger partial charge in [-0.2, -0.15) is 0 Å². The van der Waals surface area contributed by atoms with E-state index in [1.807, 2.05) is 42.8 Å². The van der Waals surface area contributed by atoms with E-state index in [2.05, 4.69) is 94.5 Å². The molecule has 0 saturated heterocycles. The van der Waals surface area contributed by atoms with Crippen LogP contribution in [-0.2, 0) is 6.42 Å². The molecular formula is C33H23N3O. The van der Waals surface area contributed by atoms with Crippen molar-refractivity contribution in [3.8, 4) is 28.2 Å². The summed E-state index contributed by atoms with van der Waals surface area (Å²) in [6, 6.07) is 39.7. The summed E-state index contributed by atoms with van der Waals surface area (Å²) in [5, 5.41) is 1.05. The molecule has 4 heteroatoms. The maximum absolute atomic E-state index is 6.00. The molecule has 3 aromatic heterocycles. The summed E-state index contributed by atoms with van der Waals surface area (Å²) in [4.78, 5) is 9.56. The molecule has 37 heavy (non-hydrogen) atoms. The highest BCUT2D eigenvalue weighted by atomic mass is 16.3. The van der Waals surface area contributed by atoms with Crippen molar-refractivity contribution in [3.63, 3.8) is 0 Å². The van der Waals surface area contributed by atoms with Crippen LogP contribution in [0.4, 0.5) is 0 Å². The van der Waals surface area contributed by atoms with Crippen LogP contribution in [0, 0.1) is 0 Å². The van der Waals surface area contributed by atoms with Crippen LogP contribution in [0.25, 0.3) is 50.2 Å². The van der Waals surface area contributed by atoms with Gasteiger partial charge in [0.2, 0.25) is 0 Å². The number of furan rings is 1. The van der Waals surface area contributed by atoms with E-state index in [0.717, 1.165) is 51.2 Å². The second-order valence-corrected chi connectivity index (χ2v) is 9.15. The highest BCUT2D eigenvalue weighted by Gasteiger charge is 2.19. The molecule has 0 spiro atoms. The summed E-state index contributed by atoms with van der Waals surface area (Å²) in [7, 11) is 0. The van der Waals surface area contributed by atoms with E-state index in [-0.39, 0.29) is 0 Å². The minimum absolute atomic E-state index is 0.763. The number of hydrogen-bond acceptors (Lipinski definition) is 3. The smallest absolute Gasteiger partial charge is 0.149 e. The Labute approximate surface area is 214 Å². The third-order valence-corrected chi connectivity index (χ3v) is 6.78. The van der Waals surface area contributed by atoms with Crippen molar-refractivity contribution < 1.29 is 4.42 Å². The molecule has 0 unspecified atom stereocenters. The molecule has 0 aliphatic rings. The van der Waals surface area contributed by atoms with Crippen LogP contribution in [0.5, 0.6) is 0 Å². The number of hydrogen-bond donors (Lipinski definition) is 0. The van der Waals surface area contributed by atoms with Crippen molar-refractivity contribution >= 4 is 22.0 Å². The van der Waals surface area contributed by atoms with E-state index in [1.165, 1.54) is 16.7 Å². The molecule has 0 aliphatic heterocycles. The average Bonchev–Trinajstić information content (AvgIpc) is 3.55. The Hall–Kier alpha value is -4.96. The normalized spacial score (nSPS) is 11.4. The second-order valence-electron chi connectivity index (χ2n) is 9.15. The van der Waals surface area contributed by atoms with Gasteiger partial charge in [-0.15, -0.1) is 0 Å². The van der Waals surface area contributed by atoms with Gasteiger partial charge in [-0.25, -0.2) is 4.98 Å². The molecule has 0 radical (unpaired) electrons. The molecule has 0 atom stereocenters. The Morgan fingerprint density at radius 1 is 0.703 bits per heavy atom. The van der Waals surface area contributed by atoms with Crippen LogP contribution in [-0.4, -0.2) is 14.5 Å². The maximum atomic E-state index is 6.00. The van der Waals surface area contributed by atoms with Gasteiger partial charge in [0, 0.05) is 29.4 Å². The van der Waals surface area contributed by atoms with E-state index < -0.39 is 0 Å². The topological polar surface area (TPSA) is 43.9 Å². The van der Waals surface area contributed by atoms with Crippen molar-refractivity contribution in [1.29, 1.82) is 0 Å². The van der Waals surface area contributed by atoms with Crippen LogP contribution < -0.4 is 0 Å². The van der Waals surface area contributed by atoms with Gasteiger partial charge in [0.1, 0.15) is 17.7 Å². The molecule has 3 heterocycles. The van der Waals surface area contributed by atoms with Crippen LogP contribution in [0.3, 0.4) is 0 Å². The highest BCUT2D eigenvalue weighted by molar-refractivity contribution is 5.95. The Morgan fingerprint density at radius 3 is 2.32 bits per heavy atom. The second kappa shape index (κ2) is 8.92. The lowest BCUT2D eigenvalue weighted by Crippen LogP contribution is -1.97. The number of nitrogens with zero attached hydrogens (tertiary/aromatic N) is 3. The van der Waals surface area contributed by atoms with Gasteiger partial charge in [-0.3, -0.25) is 9.55 Å². The Kier molecular flexibility index (Phi) is 5.14. The number of fused-ring (bicyclic) bond motifs is 2. The molecule has 4 aromatic carbocycles. The largest absolute Gasteiger partial charge is 0.464 e. The standard InChI is InChI=1S/C33H23N3O/c1-2-8-24(9-3-1)25-14-16-27(17-15-25)36-31-12-5-4-11-30(31)35-33(36)29-22-37-32-18-13-23(21-28(29)32)20-26-10-6-7-19-34-26/h1-19,21-22H,20H2. The minimum atomic E-state index is 0.763. The lowest BCUT2D eigenvalue weighted by Gasteiger charge is -2.10. The van der Waals surface area contributed by atoms with Crippen molar-refractivity contribution in [1.82, 2.24) is 14.5 Å². The molecule has 7 rings (SSSR count). The van der Waals surface area contributed by atoms with Crippen molar-refractivity contribution in [2.45, 2.75) is 6.42 Å². The van der Waals surface area contributed by atoms with Crippen molar-refractivity contribution in [2.24, 2.45) is 0 Å². The monoisotopic (exact) mass is 477 g/mol. The predicted molar refractivity (Wildman–Crippen MR) is 149 cm³/mol. The summed E-state index contributed by atoms with van der Waals surface area (Å²) in [6.45, 7) is 0. The minimum Gasteiger partial charge on any atom is -0.464 e. The third kappa shape index (κ3) is 3.89. The summed E-state index contributed by atoms with van der Waals surface area (Å²) in [5.41, 5.74) is 9.49. The average molecular weight is 478 g/mol. The summed E-state index contributed by atoms with van der Waals surface area (Å²) >= 11 is 0. The number of rotatable bonds is 5. The van der Waals surface area contributed by atoms with Crippen LogP contribution in [0.1, 0.15) is 11.3 Å². The zero-order valence-electron chi connectivity index (χ0n) is 20.1. The van der Waals surface area contributed by atoms with E-state index >= 15 is 0 Å². The first-order valence-electron chi connectivity index (χ1n) is 12.4. The fraction of sp³-hybridized carbons (Fsp3) is 0.0303. The highest BCUT2D eigenvalue weighted by Crippen LogP contribution is 2.35.